The van der Waals surface area contributed by atoms with E-state index in [0.29, 0.717) is 19.0 Å². The van der Waals surface area contributed by atoms with E-state index in [4.69, 9.17) is 9.47 Å². The lowest BCUT2D eigenvalue weighted by molar-refractivity contribution is 0.0929. The molecule has 1 atom stereocenters. The van der Waals surface area contributed by atoms with Crippen LogP contribution in [0.2, 0.25) is 0 Å². The number of hydrogen-bond donors (Lipinski definition) is 2. The lowest BCUT2D eigenvalue weighted by Gasteiger charge is -2.15. The third-order valence-corrected chi connectivity index (χ3v) is 3.25. The minimum Gasteiger partial charge on any atom is -0.490 e. The van der Waals surface area contributed by atoms with Gasteiger partial charge in [0.05, 0.1) is 19.3 Å². The highest BCUT2D eigenvalue weighted by Crippen LogP contribution is 2.32. The molecule has 0 unspecified atom stereocenters. The first-order valence-corrected chi connectivity index (χ1v) is 6.80. The van der Waals surface area contributed by atoms with Crippen LogP contribution in [0.5, 0.6) is 11.5 Å². The molecule has 0 aliphatic carbocycles. The second-order valence-corrected chi connectivity index (χ2v) is 4.79. The topological polar surface area (TPSA) is 89.1 Å². The normalized spacial score (nSPS) is 15.1. The zero-order valence-corrected chi connectivity index (χ0v) is 11.6. The summed E-state index contributed by atoms with van der Waals surface area (Å²) in [6.45, 7) is 3.19. The summed E-state index contributed by atoms with van der Waals surface area (Å²) in [5, 5.41) is 9.04. The Bertz CT molecular complexity index is 627. The molecule has 0 spiro atoms. The van der Waals surface area contributed by atoms with Crippen molar-refractivity contribution in [3.8, 4) is 11.5 Å². The van der Waals surface area contributed by atoms with Gasteiger partial charge in [0.1, 0.15) is 6.33 Å². The smallest absolute Gasteiger partial charge is 0.289 e. The van der Waals surface area contributed by atoms with Gasteiger partial charge in [-0.25, -0.2) is 4.98 Å². The van der Waals surface area contributed by atoms with Crippen molar-refractivity contribution < 1.29 is 14.3 Å². The summed E-state index contributed by atoms with van der Waals surface area (Å²) >= 11 is 0. The second kappa shape index (κ2) is 5.82. The van der Waals surface area contributed by atoms with Gasteiger partial charge in [-0.1, -0.05) is 6.07 Å². The van der Waals surface area contributed by atoms with Gasteiger partial charge in [0.15, 0.2) is 11.5 Å². The first-order chi connectivity index (χ1) is 10.2. The zero-order chi connectivity index (χ0) is 14.7. The molecule has 2 heterocycles. The van der Waals surface area contributed by atoms with Crippen molar-refractivity contribution in [3.63, 3.8) is 0 Å². The Morgan fingerprint density at radius 2 is 2.14 bits per heavy atom. The number of hydrogen-bond acceptors (Lipinski definition) is 5. The fraction of sp³-hybridized carbons (Fsp3) is 0.357. The zero-order valence-electron chi connectivity index (χ0n) is 11.6. The van der Waals surface area contributed by atoms with Crippen LogP contribution in [0.3, 0.4) is 0 Å². The average molecular weight is 288 g/mol. The van der Waals surface area contributed by atoms with Crippen molar-refractivity contribution in [1.82, 2.24) is 20.5 Å². The summed E-state index contributed by atoms with van der Waals surface area (Å²) in [7, 11) is 0. The van der Waals surface area contributed by atoms with Crippen LogP contribution in [0.4, 0.5) is 0 Å². The average Bonchev–Trinajstić information content (AvgIpc) is 2.92. The monoisotopic (exact) mass is 288 g/mol. The van der Waals surface area contributed by atoms with Gasteiger partial charge in [-0.15, -0.1) is 0 Å². The number of nitrogens with one attached hydrogen (secondary N) is 2. The Hall–Kier alpha value is -2.57. The summed E-state index contributed by atoms with van der Waals surface area (Å²) in [5.41, 5.74) is 0.937. The number of ether oxygens (including phenoxy) is 2. The molecule has 21 heavy (non-hydrogen) atoms. The molecule has 0 saturated heterocycles. The SMILES string of the molecule is C[C@@H](NC(=O)c1ncn[nH]1)c1ccc2c(c1)OCCCO2. The van der Waals surface area contributed by atoms with Crippen molar-refractivity contribution in [2.45, 2.75) is 19.4 Å². The number of benzene rings is 1. The highest BCUT2D eigenvalue weighted by atomic mass is 16.5. The summed E-state index contributed by atoms with van der Waals surface area (Å²) in [4.78, 5) is 15.8. The van der Waals surface area contributed by atoms with Gasteiger partial charge in [-0.05, 0) is 24.6 Å². The van der Waals surface area contributed by atoms with Gasteiger partial charge in [0.25, 0.3) is 5.91 Å². The van der Waals surface area contributed by atoms with Crippen molar-refractivity contribution in [3.05, 3.63) is 35.9 Å². The van der Waals surface area contributed by atoms with E-state index in [1.54, 1.807) is 0 Å². The molecule has 1 aliphatic heterocycles. The molecule has 2 N–H and O–H groups in total. The quantitative estimate of drug-likeness (QED) is 0.892. The Balaban J connectivity index is 1.74. The van der Waals surface area contributed by atoms with Gasteiger partial charge in [0.2, 0.25) is 5.82 Å². The molecule has 2 aromatic rings. The second-order valence-electron chi connectivity index (χ2n) is 4.79. The molecule has 3 rings (SSSR count). The molecule has 1 aromatic carbocycles. The Labute approximate surface area is 121 Å². The van der Waals surface area contributed by atoms with E-state index in [0.717, 1.165) is 17.7 Å². The molecular weight excluding hydrogens is 272 g/mol. The molecule has 1 amide bonds. The summed E-state index contributed by atoms with van der Waals surface area (Å²) in [6.07, 6.45) is 2.16. The predicted octanol–water partition coefficient (Wildman–Crippen LogP) is 1.46. The van der Waals surface area contributed by atoms with Gasteiger partial charge in [0, 0.05) is 6.42 Å². The molecule has 0 radical (unpaired) electrons. The van der Waals surface area contributed by atoms with Gasteiger partial charge >= 0.3 is 0 Å². The lowest BCUT2D eigenvalue weighted by atomic mass is 10.1. The maximum absolute atomic E-state index is 11.9. The summed E-state index contributed by atoms with van der Waals surface area (Å²) < 4.78 is 11.2. The van der Waals surface area contributed by atoms with Gasteiger partial charge in [-0.3, -0.25) is 9.89 Å². The van der Waals surface area contributed by atoms with Crippen LogP contribution in [0.1, 0.15) is 35.6 Å². The van der Waals surface area contributed by atoms with Crippen LogP contribution < -0.4 is 14.8 Å². The van der Waals surface area contributed by atoms with Crippen molar-refractivity contribution in [2.75, 3.05) is 13.2 Å². The molecule has 0 bridgehead atoms. The molecule has 0 fully saturated rings. The Kier molecular flexibility index (Phi) is 3.72. The molecule has 7 heteroatoms. The van der Waals surface area contributed by atoms with Crippen molar-refractivity contribution in [2.24, 2.45) is 0 Å². The van der Waals surface area contributed by atoms with Crippen LogP contribution in [-0.4, -0.2) is 34.3 Å². The number of amides is 1. The standard InChI is InChI=1S/C14H16N4O3/c1-9(17-14(19)13-15-8-16-18-13)10-3-4-11-12(7-10)21-6-2-5-20-11/h3-4,7-9H,2,5-6H2,1H3,(H,17,19)(H,15,16,18)/t9-/m1/s1. The fourth-order valence-electron chi connectivity index (χ4n) is 2.11. The van der Waals surface area contributed by atoms with Gasteiger partial charge < -0.3 is 14.8 Å². The Morgan fingerprint density at radius 3 is 2.90 bits per heavy atom. The number of rotatable bonds is 3. The number of nitrogens with zero attached hydrogens (tertiary/aromatic N) is 2. The van der Waals surface area contributed by atoms with E-state index >= 15 is 0 Å². The number of carbonyl (C=O) groups excluding carboxylic acids is 1. The highest BCUT2D eigenvalue weighted by Gasteiger charge is 2.16. The van der Waals surface area contributed by atoms with Crippen LogP contribution >= 0.6 is 0 Å². The van der Waals surface area contributed by atoms with Gasteiger partial charge in [-0.2, -0.15) is 5.10 Å². The van der Waals surface area contributed by atoms with E-state index in [2.05, 4.69) is 20.5 Å². The number of fused-ring (bicyclic) bond motifs is 1. The van der Waals surface area contributed by atoms with Crippen LogP contribution in [0.15, 0.2) is 24.5 Å². The number of carbonyl (C=O) groups is 1. The molecule has 0 saturated carbocycles. The maximum atomic E-state index is 11.9. The van der Waals surface area contributed by atoms with Crippen molar-refractivity contribution >= 4 is 5.91 Å². The van der Waals surface area contributed by atoms with E-state index in [1.165, 1.54) is 6.33 Å². The first-order valence-electron chi connectivity index (χ1n) is 6.80. The van der Waals surface area contributed by atoms with Crippen LogP contribution in [0, 0.1) is 0 Å². The molecule has 7 nitrogen and oxygen atoms in total. The lowest BCUT2D eigenvalue weighted by Crippen LogP contribution is -2.27. The van der Waals surface area contributed by atoms with Crippen molar-refractivity contribution in [1.29, 1.82) is 0 Å². The highest BCUT2D eigenvalue weighted by molar-refractivity contribution is 5.90. The minimum atomic E-state index is -0.299. The number of aromatic nitrogens is 3. The molecular formula is C14H16N4O3. The van der Waals surface area contributed by atoms with Crippen LogP contribution in [0.25, 0.3) is 0 Å². The third-order valence-electron chi connectivity index (χ3n) is 3.25. The number of aromatic amines is 1. The third kappa shape index (κ3) is 2.96. The molecule has 1 aromatic heterocycles. The van der Waals surface area contributed by atoms with E-state index < -0.39 is 0 Å². The Morgan fingerprint density at radius 1 is 1.33 bits per heavy atom. The van der Waals surface area contributed by atoms with E-state index in [-0.39, 0.29) is 17.8 Å². The minimum absolute atomic E-state index is 0.181. The molecule has 110 valence electrons. The molecule has 1 aliphatic rings. The van der Waals surface area contributed by atoms with E-state index in [9.17, 15) is 4.79 Å². The predicted molar refractivity (Wildman–Crippen MR) is 74.3 cm³/mol. The summed E-state index contributed by atoms with van der Waals surface area (Å²) in [5.74, 6) is 1.35. The largest absolute Gasteiger partial charge is 0.490 e. The first kappa shape index (κ1) is 13.4. The number of H-pyrrole nitrogens is 1. The fourth-order valence-corrected chi connectivity index (χ4v) is 2.11. The van der Waals surface area contributed by atoms with E-state index in [1.807, 2.05) is 25.1 Å². The summed E-state index contributed by atoms with van der Waals surface area (Å²) in [6, 6.07) is 5.50. The maximum Gasteiger partial charge on any atom is 0.289 e. The van der Waals surface area contributed by atoms with Crippen LogP contribution in [-0.2, 0) is 0 Å².